The molecule has 0 aliphatic heterocycles. The zero-order chi connectivity index (χ0) is 22.0. The average Bonchev–Trinajstić information content (AvgIpc) is 3.15. The molecule has 2 amide bonds. The van der Waals surface area contributed by atoms with E-state index in [0.717, 1.165) is 20.0 Å². The number of ether oxygens (including phenoxy) is 1. The minimum absolute atomic E-state index is 0.165. The number of primary amides is 1. The third-order valence-electron chi connectivity index (χ3n) is 4.68. The van der Waals surface area contributed by atoms with Crippen LogP contribution >= 0.6 is 0 Å². The summed E-state index contributed by atoms with van der Waals surface area (Å²) in [4.78, 5) is 32.9. The van der Waals surface area contributed by atoms with E-state index in [4.69, 9.17) is 10.5 Å². The van der Waals surface area contributed by atoms with E-state index in [1.165, 1.54) is 0 Å². The number of nitrogens with zero attached hydrogens (tertiary/aromatic N) is 3. The van der Waals surface area contributed by atoms with Crippen LogP contribution in [0.1, 0.15) is 20.7 Å². The summed E-state index contributed by atoms with van der Waals surface area (Å²) in [6.07, 6.45) is 3.34. The van der Waals surface area contributed by atoms with Gasteiger partial charge in [-0.05, 0) is 0 Å². The molecular weight excluding hydrogens is 461 g/mol. The van der Waals surface area contributed by atoms with Gasteiger partial charge in [0.2, 0.25) is 0 Å². The van der Waals surface area contributed by atoms with Gasteiger partial charge in [-0.2, -0.15) is 0 Å². The fraction of sp³-hybridized carbons (Fsp3) is 0.0909. The van der Waals surface area contributed by atoms with Crippen molar-refractivity contribution in [2.24, 2.45) is 5.73 Å². The van der Waals surface area contributed by atoms with Crippen LogP contribution in [0, 0.1) is 0 Å². The second-order valence-corrected chi connectivity index (χ2v) is 8.78. The van der Waals surface area contributed by atoms with Crippen molar-refractivity contribution in [3.05, 3.63) is 72.1 Å². The number of hydrogen-bond donors (Lipinski definition) is 2. The van der Waals surface area contributed by atoms with E-state index < -0.39 is 5.91 Å². The van der Waals surface area contributed by atoms with Gasteiger partial charge in [0.25, 0.3) is 0 Å². The number of hydrogen-bond acceptors (Lipinski definition) is 5. The number of nitrogens with two attached hydrogens (primary N) is 1. The Morgan fingerprint density at radius 3 is 2.55 bits per heavy atom. The first-order chi connectivity index (χ1) is 15.0. The molecule has 8 nitrogen and oxygen atoms in total. The topological polar surface area (TPSA) is 112 Å². The number of methoxy groups -OCH3 is 1. The fourth-order valence-electron chi connectivity index (χ4n) is 3.19. The molecule has 4 rings (SSSR count). The van der Waals surface area contributed by atoms with Crippen molar-refractivity contribution in [1.29, 1.82) is 0 Å². The summed E-state index contributed by atoms with van der Waals surface area (Å²) in [5, 5.41) is 3.51. The molecule has 2 aromatic heterocycles. The second kappa shape index (κ2) is 8.59. The molecule has 9 heteroatoms. The molecule has 156 valence electrons. The Balaban J connectivity index is 1.91. The summed E-state index contributed by atoms with van der Waals surface area (Å²) in [6.45, 7) is 0. The van der Waals surface area contributed by atoms with Crippen LogP contribution in [0.2, 0.25) is 0 Å². The fourth-order valence-corrected chi connectivity index (χ4v) is 5.58. The summed E-state index contributed by atoms with van der Waals surface area (Å²) in [5.74, 6) is 0.481. The molecule has 2 aromatic carbocycles. The van der Waals surface area contributed by atoms with Gasteiger partial charge in [-0.15, -0.1) is 0 Å². The van der Waals surface area contributed by atoms with Gasteiger partial charge in [0.1, 0.15) is 0 Å². The molecule has 0 saturated heterocycles. The third-order valence-corrected chi connectivity index (χ3v) is 6.92. The number of rotatable bonds is 6. The minimum atomic E-state index is -0.500. The van der Waals surface area contributed by atoms with E-state index >= 15 is 0 Å². The van der Waals surface area contributed by atoms with Crippen LogP contribution in [-0.2, 0) is 0 Å². The predicted octanol–water partition coefficient (Wildman–Crippen LogP) is 0.543. The summed E-state index contributed by atoms with van der Waals surface area (Å²) >= 11 is -0.329. The zero-order valence-corrected chi connectivity index (χ0v) is 18.5. The Morgan fingerprint density at radius 1 is 1.10 bits per heavy atom. The molecule has 31 heavy (non-hydrogen) atoms. The molecule has 0 spiro atoms. The van der Waals surface area contributed by atoms with E-state index in [1.54, 1.807) is 50.8 Å². The first-order valence-corrected chi connectivity index (χ1v) is 11.0. The molecule has 0 radical (unpaired) electrons. The van der Waals surface area contributed by atoms with E-state index in [2.05, 4.69) is 15.3 Å². The van der Waals surface area contributed by atoms with E-state index in [0.29, 0.717) is 22.8 Å². The van der Waals surface area contributed by atoms with Gasteiger partial charge < -0.3 is 0 Å². The van der Waals surface area contributed by atoms with Crippen molar-refractivity contribution < 1.29 is 14.3 Å². The molecule has 4 aromatic rings. The van der Waals surface area contributed by atoms with E-state index in [1.807, 2.05) is 28.8 Å². The first-order valence-electron chi connectivity index (χ1n) is 9.32. The molecule has 0 atom stereocenters. The zero-order valence-electron chi connectivity index (χ0n) is 16.8. The molecule has 0 bridgehead atoms. The van der Waals surface area contributed by atoms with Crippen molar-refractivity contribution in [2.45, 2.75) is 0 Å². The third kappa shape index (κ3) is 4.01. The van der Waals surface area contributed by atoms with Crippen molar-refractivity contribution in [3.8, 4) is 11.7 Å². The predicted molar refractivity (Wildman–Crippen MR) is 119 cm³/mol. The summed E-state index contributed by atoms with van der Waals surface area (Å²) < 4.78 is 8.96. The number of carbonyl (C=O) groups is 2. The Bertz CT molecular complexity index is 1290. The molecule has 0 aliphatic carbocycles. The molecule has 2 heterocycles. The first kappa shape index (κ1) is 20.6. The number of fused-ring (bicyclic) bond motifs is 1. The molecule has 0 aliphatic rings. The second-order valence-electron chi connectivity index (χ2n) is 6.55. The molecule has 0 unspecified atom stereocenters. The Kier molecular flexibility index (Phi) is 5.70. The van der Waals surface area contributed by atoms with Crippen molar-refractivity contribution in [2.75, 3.05) is 14.2 Å². The number of amides is 2. The Labute approximate surface area is 184 Å². The number of benzene rings is 2. The van der Waals surface area contributed by atoms with Gasteiger partial charge >= 0.3 is 185 Å². The van der Waals surface area contributed by atoms with Gasteiger partial charge in [-0.3, -0.25) is 0 Å². The Hall–Kier alpha value is -3.68. The summed E-state index contributed by atoms with van der Waals surface area (Å²) in [5.41, 5.74) is 7.46. The van der Waals surface area contributed by atoms with Crippen molar-refractivity contribution >= 4 is 46.7 Å². The van der Waals surface area contributed by atoms with Crippen molar-refractivity contribution in [3.63, 3.8) is 0 Å². The van der Waals surface area contributed by atoms with Crippen LogP contribution < -0.4 is 24.8 Å². The normalized spacial score (nSPS) is 10.8. The monoisotopic (exact) mass is 481 g/mol. The molecule has 0 saturated carbocycles. The molecular formula is C22H19N5O3Se. The maximum absolute atomic E-state index is 12.1. The molecule has 3 N–H and O–H groups in total. The number of nitrogens with one attached hydrogen (secondary N) is 1. The van der Waals surface area contributed by atoms with Gasteiger partial charge in [0, 0.05) is 0 Å². The number of aromatic nitrogens is 3. The Morgan fingerprint density at radius 2 is 1.87 bits per heavy atom. The quantitative estimate of drug-likeness (QED) is 0.392. The number of carbonyl (C=O) groups excluding carboxylic acids is 2. The van der Waals surface area contributed by atoms with Gasteiger partial charge in [-0.25, -0.2) is 0 Å². The van der Waals surface area contributed by atoms with Gasteiger partial charge in [0.15, 0.2) is 0 Å². The van der Waals surface area contributed by atoms with Crippen LogP contribution in [0.15, 0.2) is 60.9 Å². The van der Waals surface area contributed by atoms with Gasteiger partial charge in [0.05, 0.1) is 0 Å². The standard InChI is InChI=1S/C22H19N5O3Se/c1-24-21(29)13-4-7-17-14(10-13)11-19(27(17)22-25-8-3-9-26-22)31-18-12-15(30-2)5-6-16(18)20(23)28/h3-12H,1-2H3,(H2,23,28)(H,24,29). The summed E-state index contributed by atoms with van der Waals surface area (Å²) in [6, 6.07) is 14.4. The maximum atomic E-state index is 12.1. The van der Waals surface area contributed by atoms with E-state index in [9.17, 15) is 9.59 Å². The van der Waals surface area contributed by atoms with Crippen LogP contribution in [0.5, 0.6) is 5.75 Å². The SMILES string of the molecule is CNC(=O)c1ccc2c(c1)cc([Se]c1cc(OC)ccc1C(N)=O)n2-c1ncccn1. The van der Waals surface area contributed by atoms with Gasteiger partial charge in [-0.1, -0.05) is 0 Å². The van der Waals surface area contributed by atoms with Crippen LogP contribution in [-0.4, -0.2) is 55.5 Å². The van der Waals surface area contributed by atoms with Crippen LogP contribution in [0.4, 0.5) is 0 Å². The van der Waals surface area contributed by atoms with E-state index in [-0.39, 0.29) is 20.9 Å². The van der Waals surface area contributed by atoms with Crippen molar-refractivity contribution in [1.82, 2.24) is 19.9 Å². The van der Waals surface area contributed by atoms with Crippen LogP contribution in [0.25, 0.3) is 16.9 Å². The molecule has 0 fully saturated rings. The average molecular weight is 480 g/mol. The summed E-state index contributed by atoms with van der Waals surface area (Å²) in [7, 11) is 3.17. The van der Waals surface area contributed by atoms with Crippen LogP contribution in [0.3, 0.4) is 0 Å².